The average Bonchev–Trinajstić information content (AvgIpc) is 2.69. The molecule has 27 heavy (non-hydrogen) atoms. The van der Waals surface area contributed by atoms with Crippen molar-refractivity contribution in [1.29, 1.82) is 0 Å². The second-order valence-corrected chi connectivity index (χ2v) is 7.90. The fraction of sp³-hybridized carbons (Fsp3) is 0.619. The number of rotatable bonds is 6. The lowest BCUT2D eigenvalue weighted by Crippen LogP contribution is -2.52. The summed E-state index contributed by atoms with van der Waals surface area (Å²) in [7, 11) is 0. The number of nitrogens with one attached hydrogen (secondary N) is 1. The molecule has 1 aromatic rings. The van der Waals surface area contributed by atoms with E-state index in [4.69, 9.17) is 0 Å². The van der Waals surface area contributed by atoms with Gasteiger partial charge in [0.15, 0.2) is 0 Å². The van der Waals surface area contributed by atoms with Gasteiger partial charge in [-0.05, 0) is 24.3 Å². The number of piperazine rings is 1. The highest BCUT2D eigenvalue weighted by Crippen LogP contribution is 2.16. The molecule has 2 fully saturated rings. The van der Waals surface area contributed by atoms with Crippen LogP contribution in [0.1, 0.15) is 25.3 Å². The van der Waals surface area contributed by atoms with Gasteiger partial charge in [0.25, 0.3) is 0 Å². The van der Waals surface area contributed by atoms with E-state index in [9.17, 15) is 9.59 Å². The van der Waals surface area contributed by atoms with Crippen molar-refractivity contribution in [1.82, 2.24) is 20.0 Å². The minimum absolute atomic E-state index is 0.0608. The Morgan fingerprint density at radius 1 is 1.00 bits per heavy atom. The highest BCUT2D eigenvalue weighted by molar-refractivity contribution is 5.78. The van der Waals surface area contributed by atoms with Crippen LogP contribution in [0.5, 0.6) is 0 Å². The minimum atomic E-state index is 0.0608. The summed E-state index contributed by atoms with van der Waals surface area (Å²) in [5.74, 6) is 0.940. The van der Waals surface area contributed by atoms with Gasteiger partial charge in [0.05, 0.1) is 13.1 Å². The number of nitrogens with zero attached hydrogens (tertiary/aromatic N) is 3. The molecule has 0 saturated carbocycles. The van der Waals surface area contributed by atoms with Crippen molar-refractivity contribution in [3.63, 3.8) is 0 Å². The summed E-state index contributed by atoms with van der Waals surface area (Å²) < 4.78 is 0. The van der Waals surface area contributed by atoms with E-state index in [1.165, 1.54) is 6.42 Å². The molecule has 2 saturated heterocycles. The molecule has 1 aromatic carbocycles. The lowest BCUT2D eigenvalue weighted by atomic mass is 10.0. The molecule has 1 atom stereocenters. The molecule has 2 aliphatic heterocycles. The summed E-state index contributed by atoms with van der Waals surface area (Å²) in [6.07, 6.45) is 2.35. The van der Waals surface area contributed by atoms with Crippen molar-refractivity contribution in [2.45, 2.75) is 26.3 Å². The molecule has 0 spiro atoms. The highest BCUT2D eigenvalue weighted by Gasteiger charge is 2.25. The molecule has 1 N–H and O–H groups in total. The third-order valence-electron chi connectivity index (χ3n) is 5.53. The first kappa shape index (κ1) is 19.8. The van der Waals surface area contributed by atoms with E-state index in [1.807, 2.05) is 35.2 Å². The molecular weight excluding hydrogens is 340 g/mol. The lowest BCUT2D eigenvalue weighted by molar-refractivity contribution is -0.135. The molecule has 0 radical (unpaired) electrons. The largest absolute Gasteiger partial charge is 0.351 e. The second-order valence-electron chi connectivity index (χ2n) is 7.90. The minimum Gasteiger partial charge on any atom is -0.351 e. The molecule has 1 unspecified atom stereocenters. The second kappa shape index (κ2) is 9.85. The van der Waals surface area contributed by atoms with E-state index in [0.717, 1.165) is 51.3 Å². The van der Waals surface area contributed by atoms with Gasteiger partial charge in [-0.1, -0.05) is 37.3 Å². The van der Waals surface area contributed by atoms with Crippen LogP contribution in [-0.4, -0.2) is 78.9 Å². The van der Waals surface area contributed by atoms with Gasteiger partial charge in [-0.3, -0.25) is 19.4 Å². The highest BCUT2D eigenvalue weighted by atomic mass is 16.2. The van der Waals surface area contributed by atoms with Crippen LogP contribution in [0.25, 0.3) is 0 Å². The van der Waals surface area contributed by atoms with Crippen molar-refractivity contribution in [3.8, 4) is 0 Å². The van der Waals surface area contributed by atoms with Crippen molar-refractivity contribution in [2.24, 2.45) is 5.92 Å². The van der Waals surface area contributed by atoms with Crippen LogP contribution in [0.3, 0.4) is 0 Å². The molecular formula is C21H32N4O2. The molecule has 0 aliphatic carbocycles. The van der Waals surface area contributed by atoms with Crippen LogP contribution >= 0.6 is 0 Å². The zero-order valence-electron chi connectivity index (χ0n) is 16.4. The number of carbonyl (C=O) groups excluding carboxylic acids is 2. The molecule has 6 nitrogen and oxygen atoms in total. The van der Waals surface area contributed by atoms with Crippen LogP contribution in [0.4, 0.5) is 0 Å². The molecule has 2 aliphatic rings. The number of likely N-dealkylation sites (tertiary alicyclic amines) is 1. The van der Waals surface area contributed by atoms with Gasteiger partial charge in [-0.25, -0.2) is 0 Å². The Labute approximate surface area is 162 Å². The average molecular weight is 373 g/mol. The maximum Gasteiger partial charge on any atom is 0.236 e. The van der Waals surface area contributed by atoms with Crippen LogP contribution in [0.15, 0.2) is 30.3 Å². The SMILES string of the molecule is CC1CCCN(C(=O)CN2CCN(CC(=O)NCc3ccccc3)CC2)C1. The smallest absolute Gasteiger partial charge is 0.236 e. The van der Waals surface area contributed by atoms with Gasteiger partial charge in [0, 0.05) is 45.8 Å². The zero-order chi connectivity index (χ0) is 19.1. The summed E-state index contributed by atoms with van der Waals surface area (Å²) in [5.41, 5.74) is 1.11. The first-order chi connectivity index (χ1) is 13.1. The van der Waals surface area contributed by atoms with E-state index < -0.39 is 0 Å². The van der Waals surface area contributed by atoms with Crippen LogP contribution in [0.2, 0.25) is 0 Å². The fourth-order valence-electron chi connectivity index (χ4n) is 3.87. The van der Waals surface area contributed by atoms with Crippen molar-refractivity contribution in [3.05, 3.63) is 35.9 Å². The Bertz CT molecular complexity index is 614. The van der Waals surface area contributed by atoms with Crippen LogP contribution in [-0.2, 0) is 16.1 Å². The van der Waals surface area contributed by atoms with Gasteiger partial charge in [0.2, 0.25) is 11.8 Å². The Morgan fingerprint density at radius 3 is 2.33 bits per heavy atom. The molecule has 3 rings (SSSR count). The van der Waals surface area contributed by atoms with Gasteiger partial charge < -0.3 is 10.2 Å². The maximum absolute atomic E-state index is 12.5. The number of piperidine rings is 1. The van der Waals surface area contributed by atoms with Gasteiger partial charge >= 0.3 is 0 Å². The van der Waals surface area contributed by atoms with Gasteiger partial charge in [0.1, 0.15) is 0 Å². The van der Waals surface area contributed by atoms with E-state index >= 15 is 0 Å². The molecule has 6 heteroatoms. The first-order valence-corrected chi connectivity index (χ1v) is 10.1. The quantitative estimate of drug-likeness (QED) is 0.815. The van der Waals surface area contributed by atoms with E-state index in [2.05, 4.69) is 22.0 Å². The monoisotopic (exact) mass is 372 g/mol. The Morgan fingerprint density at radius 2 is 1.67 bits per heavy atom. The molecule has 2 amide bonds. The lowest BCUT2D eigenvalue weighted by Gasteiger charge is -2.36. The summed E-state index contributed by atoms with van der Waals surface area (Å²) in [6.45, 7) is 8.92. The molecule has 148 valence electrons. The topological polar surface area (TPSA) is 55.9 Å². The number of hydrogen-bond acceptors (Lipinski definition) is 4. The Hall–Kier alpha value is -1.92. The Kier molecular flexibility index (Phi) is 7.24. The van der Waals surface area contributed by atoms with Crippen molar-refractivity contribution in [2.75, 3.05) is 52.4 Å². The molecule has 0 aromatic heterocycles. The predicted octanol–water partition coefficient (Wildman–Crippen LogP) is 1.18. The van der Waals surface area contributed by atoms with Crippen molar-refractivity contribution >= 4 is 11.8 Å². The fourth-order valence-corrected chi connectivity index (χ4v) is 3.87. The third-order valence-corrected chi connectivity index (χ3v) is 5.53. The third kappa shape index (κ3) is 6.33. The van der Waals surface area contributed by atoms with E-state index in [1.54, 1.807) is 0 Å². The summed E-state index contributed by atoms with van der Waals surface area (Å²) in [6, 6.07) is 9.96. The van der Waals surface area contributed by atoms with Gasteiger partial charge in [-0.15, -0.1) is 0 Å². The van der Waals surface area contributed by atoms with Crippen LogP contribution < -0.4 is 5.32 Å². The normalized spacial score (nSPS) is 21.8. The van der Waals surface area contributed by atoms with Gasteiger partial charge in [-0.2, -0.15) is 0 Å². The van der Waals surface area contributed by atoms with E-state index in [0.29, 0.717) is 25.6 Å². The summed E-state index contributed by atoms with van der Waals surface area (Å²) in [4.78, 5) is 31.1. The molecule has 0 bridgehead atoms. The molecule has 2 heterocycles. The van der Waals surface area contributed by atoms with Crippen LogP contribution in [0, 0.1) is 5.92 Å². The van der Waals surface area contributed by atoms with E-state index in [-0.39, 0.29) is 11.8 Å². The number of hydrogen-bond donors (Lipinski definition) is 1. The number of carbonyl (C=O) groups is 2. The standard InChI is InChI=1S/C21H32N4O2/c1-18-6-5-9-25(15-18)21(27)17-24-12-10-23(11-13-24)16-20(26)22-14-19-7-3-2-4-8-19/h2-4,7-8,18H,5-6,9-17H2,1H3,(H,22,26). The summed E-state index contributed by atoms with van der Waals surface area (Å²) in [5, 5.41) is 2.98. The predicted molar refractivity (Wildman–Crippen MR) is 106 cm³/mol. The maximum atomic E-state index is 12.5. The zero-order valence-corrected chi connectivity index (χ0v) is 16.4. The van der Waals surface area contributed by atoms with Crippen molar-refractivity contribution < 1.29 is 9.59 Å². The number of amides is 2. The first-order valence-electron chi connectivity index (χ1n) is 10.1. The summed E-state index contributed by atoms with van der Waals surface area (Å²) >= 11 is 0. The number of benzene rings is 1. The Balaban J connectivity index is 1.33.